The van der Waals surface area contributed by atoms with Gasteiger partial charge in [0.1, 0.15) is 18.6 Å². The van der Waals surface area contributed by atoms with Gasteiger partial charge in [-0.2, -0.15) is 11.8 Å². The molecule has 2 fully saturated rings. The Bertz CT molecular complexity index is 1510. The summed E-state index contributed by atoms with van der Waals surface area (Å²) in [6, 6.07) is -2.44. The van der Waals surface area contributed by atoms with Gasteiger partial charge in [0.2, 0.25) is 53.2 Å². The topological polar surface area (TPSA) is 354 Å². The van der Waals surface area contributed by atoms with Gasteiger partial charge >= 0.3 is 12.0 Å². The first kappa shape index (κ1) is 47.5. The molecule has 318 valence electrons. The Hall–Kier alpha value is -5.68. The fraction of sp³-hybridized carbons (Fsp3) is 0.667. The van der Waals surface area contributed by atoms with E-state index in [0.717, 1.165) is 18.6 Å². The molecular weight excluding hydrogens is 774 g/mol. The summed E-state index contributed by atoms with van der Waals surface area (Å²) in [5, 5.41) is 33.4. The second-order valence-electron chi connectivity index (χ2n) is 13.7. The number of carbonyl (C=O) groups is 11. The summed E-state index contributed by atoms with van der Waals surface area (Å²) in [7, 11) is 0. The van der Waals surface area contributed by atoms with Crippen molar-refractivity contribution in [3.8, 4) is 0 Å². The van der Waals surface area contributed by atoms with E-state index in [1.165, 1.54) is 0 Å². The predicted octanol–water partition coefficient (Wildman–Crippen LogP) is -5.22. The van der Waals surface area contributed by atoms with Crippen molar-refractivity contribution in [2.75, 3.05) is 45.0 Å². The molecule has 0 bridgehead atoms. The highest BCUT2D eigenvalue weighted by atomic mass is 32.2. The van der Waals surface area contributed by atoms with Crippen molar-refractivity contribution < 1.29 is 57.8 Å². The Kier molecular flexibility index (Phi) is 20.6. The van der Waals surface area contributed by atoms with Crippen LogP contribution in [0, 0.1) is 5.92 Å². The molecule has 11 amide bonds. The number of rotatable bonds is 26. The van der Waals surface area contributed by atoms with E-state index in [0.29, 0.717) is 6.42 Å². The molecule has 5 atom stereocenters. The minimum Gasteiger partial charge on any atom is -0.480 e. The first-order chi connectivity index (χ1) is 26.9. The van der Waals surface area contributed by atoms with Gasteiger partial charge < -0.3 is 64.0 Å². The van der Waals surface area contributed by atoms with E-state index in [2.05, 4.69) is 53.2 Å². The van der Waals surface area contributed by atoms with Crippen LogP contribution in [-0.4, -0.2) is 145 Å². The molecule has 24 heteroatoms. The maximum Gasteiger partial charge on any atom is 0.322 e. The van der Waals surface area contributed by atoms with Crippen molar-refractivity contribution in [2.24, 2.45) is 11.7 Å². The van der Waals surface area contributed by atoms with E-state index >= 15 is 0 Å². The zero-order valence-electron chi connectivity index (χ0n) is 31.8. The van der Waals surface area contributed by atoms with Crippen LogP contribution in [0.15, 0.2) is 0 Å². The largest absolute Gasteiger partial charge is 0.480 e. The molecule has 2 heterocycles. The molecule has 13 N–H and O–H groups in total. The monoisotopic (exact) mass is 827 g/mol. The fourth-order valence-electron chi connectivity index (χ4n) is 5.57. The van der Waals surface area contributed by atoms with Crippen LogP contribution in [0.5, 0.6) is 0 Å². The molecule has 0 radical (unpaired) electrons. The molecular formula is C33H53N11O12S. The lowest BCUT2D eigenvalue weighted by Crippen LogP contribution is -2.55. The Morgan fingerprint density at radius 1 is 0.684 bits per heavy atom. The number of unbranched alkanes of at least 4 members (excludes halogenated alkanes) is 1. The van der Waals surface area contributed by atoms with Crippen LogP contribution in [0.25, 0.3) is 0 Å². The lowest BCUT2D eigenvalue weighted by Gasteiger charge is -2.24. The molecule has 0 spiro atoms. The number of primary amides is 1. The van der Waals surface area contributed by atoms with Gasteiger partial charge in [-0.3, -0.25) is 47.9 Å². The number of thioether (sulfide) groups is 1. The number of carboxylic acids is 1. The zero-order chi connectivity index (χ0) is 42.5. The zero-order valence-corrected chi connectivity index (χ0v) is 32.6. The number of aliphatic carboxylic acids is 1. The number of hydrogen-bond donors (Lipinski definition) is 12. The van der Waals surface area contributed by atoms with E-state index in [9.17, 15) is 52.7 Å². The highest BCUT2D eigenvalue weighted by Crippen LogP contribution is 2.33. The Balaban J connectivity index is 1.61. The van der Waals surface area contributed by atoms with Crippen LogP contribution in [0.4, 0.5) is 4.79 Å². The van der Waals surface area contributed by atoms with Crippen molar-refractivity contribution in [1.82, 2.24) is 53.2 Å². The maximum absolute atomic E-state index is 13.0. The van der Waals surface area contributed by atoms with Gasteiger partial charge in [0, 0.05) is 23.8 Å². The molecule has 0 saturated carbocycles. The average Bonchev–Trinajstić information content (AvgIpc) is 3.70. The van der Waals surface area contributed by atoms with Gasteiger partial charge in [-0.1, -0.05) is 20.3 Å². The van der Waals surface area contributed by atoms with Crippen molar-refractivity contribution in [3.05, 3.63) is 0 Å². The van der Waals surface area contributed by atoms with Gasteiger partial charge in [0.15, 0.2) is 0 Å². The molecule has 57 heavy (non-hydrogen) atoms. The van der Waals surface area contributed by atoms with Crippen LogP contribution >= 0.6 is 11.8 Å². The van der Waals surface area contributed by atoms with E-state index in [-0.39, 0.29) is 67.4 Å². The molecule has 23 nitrogen and oxygen atoms in total. The minimum atomic E-state index is -1.34. The number of carboxylic acid groups (broad SMARTS) is 1. The second-order valence-corrected chi connectivity index (χ2v) is 15.0. The van der Waals surface area contributed by atoms with Crippen molar-refractivity contribution in [3.63, 3.8) is 0 Å². The number of nitrogens with one attached hydrogen (secondary N) is 10. The molecule has 0 unspecified atom stereocenters. The summed E-state index contributed by atoms with van der Waals surface area (Å²) in [5.41, 5.74) is 5.14. The third kappa shape index (κ3) is 19.7. The number of fused-ring (bicyclic) bond motifs is 1. The Morgan fingerprint density at radius 2 is 1.23 bits per heavy atom. The number of nitrogens with two attached hydrogens (primary N) is 1. The molecule has 2 aliphatic rings. The third-order valence-electron chi connectivity index (χ3n) is 8.40. The first-order valence-corrected chi connectivity index (χ1v) is 19.4. The van der Waals surface area contributed by atoms with E-state index in [1.54, 1.807) is 25.6 Å². The summed E-state index contributed by atoms with van der Waals surface area (Å²) in [5.74, 6) is -7.06. The van der Waals surface area contributed by atoms with Crippen LogP contribution < -0.4 is 58.9 Å². The van der Waals surface area contributed by atoms with Gasteiger partial charge in [0.05, 0.1) is 44.8 Å². The van der Waals surface area contributed by atoms with Gasteiger partial charge in [-0.05, 0) is 31.6 Å². The lowest BCUT2D eigenvalue weighted by molar-refractivity contribution is -0.138. The van der Waals surface area contributed by atoms with Crippen molar-refractivity contribution >= 4 is 76.9 Å². The van der Waals surface area contributed by atoms with Crippen LogP contribution in [0.1, 0.15) is 58.8 Å². The summed E-state index contributed by atoms with van der Waals surface area (Å²) >= 11 is 1.79. The normalized spacial score (nSPS) is 17.7. The third-order valence-corrected chi connectivity index (χ3v) is 9.90. The van der Waals surface area contributed by atoms with Crippen molar-refractivity contribution in [2.45, 2.75) is 88.2 Å². The Labute approximate surface area is 332 Å². The maximum atomic E-state index is 13.0. The van der Waals surface area contributed by atoms with Crippen LogP contribution in [0.3, 0.4) is 0 Å². The number of carbonyl (C=O) groups excluding carboxylic acids is 10. The Morgan fingerprint density at radius 3 is 1.75 bits per heavy atom. The molecule has 2 rings (SSSR count). The summed E-state index contributed by atoms with van der Waals surface area (Å²) in [6.45, 7) is 0.242. The van der Waals surface area contributed by atoms with Crippen LogP contribution in [0.2, 0.25) is 0 Å². The highest BCUT2D eigenvalue weighted by molar-refractivity contribution is 8.00. The van der Waals surface area contributed by atoms with Crippen LogP contribution in [-0.2, 0) is 47.9 Å². The van der Waals surface area contributed by atoms with Crippen molar-refractivity contribution in [1.29, 1.82) is 0 Å². The summed E-state index contributed by atoms with van der Waals surface area (Å²) in [4.78, 5) is 132. The highest BCUT2D eigenvalue weighted by Gasteiger charge is 2.42. The van der Waals surface area contributed by atoms with E-state index in [4.69, 9.17) is 10.8 Å². The van der Waals surface area contributed by atoms with E-state index in [1.807, 2.05) is 0 Å². The molecule has 0 aliphatic carbocycles. The summed E-state index contributed by atoms with van der Waals surface area (Å²) < 4.78 is 0. The standard InChI is InChI=1S/C33H53N11O12S/c1-17(2)9-19(32(55)42-18(7-8-22(34)45)31(54)40-15-29(52)53)41-28(51)14-39-27(50)13-38-26(49)12-37-25(48)11-36-24(47)10-35-23(46)6-4-3-5-21-30-20(16-57-21)43-33(56)44-30/h17-21,30H,3-16H2,1-2H3,(H2,34,45)(H,35,46)(H,36,47)(H,37,48)(H,38,49)(H,39,50)(H,40,54)(H,41,51)(H,42,55)(H,52,53)(H2,43,44,56)/t18-,19-,20-,21-,30-/m0/s1. The van der Waals surface area contributed by atoms with Gasteiger partial charge in [-0.25, -0.2) is 4.79 Å². The fourth-order valence-corrected chi connectivity index (χ4v) is 7.11. The van der Waals surface area contributed by atoms with Gasteiger partial charge in [-0.15, -0.1) is 0 Å². The number of hydrogen-bond acceptors (Lipinski definition) is 12. The number of amides is 11. The minimum absolute atomic E-state index is 0.0935. The molecule has 0 aromatic heterocycles. The average molecular weight is 828 g/mol. The quantitative estimate of drug-likeness (QED) is 0.0287. The number of urea groups is 1. The van der Waals surface area contributed by atoms with Gasteiger partial charge in [0.25, 0.3) is 0 Å². The smallest absolute Gasteiger partial charge is 0.322 e. The second kappa shape index (κ2) is 24.8. The molecule has 2 saturated heterocycles. The molecule has 2 aliphatic heterocycles. The molecule has 0 aromatic rings. The predicted molar refractivity (Wildman–Crippen MR) is 201 cm³/mol. The van der Waals surface area contributed by atoms with E-state index < -0.39 is 98.0 Å². The summed E-state index contributed by atoms with van der Waals surface area (Å²) in [6.07, 6.45) is 2.03. The lowest BCUT2D eigenvalue weighted by atomic mass is 10.0. The molecule has 0 aromatic carbocycles. The SMILES string of the molecule is CC(C)C[C@H](NC(=O)CNC(=O)CNC(=O)CNC(=O)CNC(=O)CNC(=O)CCCC[C@@H]1SC[C@@H]2NC(=O)N[C@@H]21)C(=O)N[C@@H](CCC(N)=O)C(=O)NCC(=O)O. The first-order valence-electron chi connectivity index (χ1n) is 18.3.